The largest absolute Gasteiger partial charge is 0.181 e. The van der Waals surface area contributed by atoms with Crippen LogP contribution in [-0.2, 0) is 0 Å². The summed E-state index contributed by atoms with van der Waals surface area (Å²) in [5.41, 5.74) is 1.45. The number of azo groups is 1. The first-order valence-electron chi connectivity index (χ1n) is 7.11. The monoisotopic (exact) mass is 236 g/mol. The van der Waals surface area contributed by atoms with Gasteiger partial charge in [-0.1, -0.05) is 47.5 Å². The number of rotatable bonds is 7. The van der Waals surface area contributed by atoms with Crippen LogP contribution in [-0.4, -0.2) is 6.04 Å². The lowest BCUT2D eigenvalue weighted by molar-refractivity contribution is 0.368. The number of unbranched alkanes of at least 4 members (excludes halogenated alkanes) is 1. The molecule has 0 saturated heterocycles. The van der Waals surface area contributed by atoms with Crippen molar-refractivity contribution in [3.8, 4) is 0 Å². The molecule has 2 heteroatoms. The van der Waals surface area contributed by atoms with Crippen molar-refractivity contribution >= 4 is 0 Å². The molecule has 0 radical (unpaired) electrons. The average Bonchev–Trinajstić information content (AvgIpc) is 2.71. The fourth-order valence-electron chi connectivity index (χ4n) is 2.23. The SMILES string of the molecule is CC(C)CCCCC1=CN=NC1C(C)C(C)C. The zero-order chi connectivity index (χ0) is 12.8. The van der Waals surface area contributed by atoms with E-state index in [0.29, 0.717) is 17.9 Å². The summed E-state index contributed by atoms with van der Waals surface area (Å²) in [5, 5.41) is 8.51. The number of hydrogen-bond donors (Lipinski definition) is 0. The molecule has 0 saturated carbocycles. The summed E-state index contributed by atoms with van der Waals surface area (Å²) in [6.07, 6.45) is 7.14. The Morgan fingerprint density at radius 2 is 1.82 bits per heavy atom. The highest BCUT2D eigenvalue weighted by molar-refractivity contribution is 5.15. The van der Waals surface area contributed by atoms with E-state index in [1.807, 2.05) is 6.20 Å². The third-order valence-corrected chi connectivity index (χ3v) is 3.84. The van der Waals surface area contributed by atoms with Gasteiger partial charge in [0.15, 0.2) is 0 Å². The van der Waals surface area contributed by atoms with E-state index in [0.717, 1.165) is 5.92 Å². The Balaban J connectivity index is 2.34. The first-order valence-corrected chi connectivity index (χ1v) is 7.11. The molecule has 0 fully saturated rings. The Morgan fingerprint density at radius 1 is 1.12 bits per heavy atom. The highest BCUT2D eigenvalue weighted by Crippen LogP contribution is 2.30. The van der Waals surface area contributed by atoms with Crippen molar-refractivity contribution in [3.63, 3.8) is 0 Å². The van der Waals surface area contributed by atoms with Crippen molar-refractivity contribution in [1.29, 1.82) is 0 Å². The Bertz CT molecular complexity index is 277. The minimum atomic E-state index is 0.356. The van der Waals surface area contributed by atoms with Crippen molar-refractivity contribution in [2.24, 2.45) is 28.0 Å². The van der Waals surface area contributed by atoms with Crippen LogP contribution in [0.4, 0.5) is 0 Å². The van der Waals surface area contributed by atoms with E-state index in [9.17, 15) is 0 Å². The van der Waals surface area contributed by atoms with Gasteiger partial charge < -0.3 is 0 Å². The zero-order valence-corrected chi connectivity index (χ0v) is 12.1. The molecule has 0 amide bonds. The highest BCUT2D eigenvalue weighted by atomic mass is 15.1. The number of nitrogens with zero attached hydrogens (tertiary/aromatic N) is 2. The van der Waals surface area contributed by atoms with Crippen LogP contribution in [0, 0.1) is 17.8 Å². The molecule has 0 aromatic rings. The van der Waals surface area contributed by atoms with E-state index in [-0.39, 0.29) is 0 Å². The van der Waals surface area contributed by atoms with Crippen LogP contribution in [0.3, 0.4) is 0 Å². The summed E-state index contributed by atoms with van der Waals surface area (Å²) in [4.78, 5) is 0. The summed E-state index contributed by atoms with van der Waals surface area (Å²) in [6.45, 7) is 11.4. The van der Waals surface area contributed by atoms with Crippen LogP contribution < -0.4 is 0 Å². The smallest absolute Gasteiger partial charge is 0.0968 e. The van der Waals surface area contributed by atoms with Gasteiger partial charge in [0.2, 0.25) is 0 Å². The third kappa shape index (κ3) is 4.61. The zero-order valence-electron chi connectivity index (χ0n) is 12.1. The molecule has 98 valence electrons. The predicted octanol–water partition coefficient (Wildman–Crippen LogP) is 5.21. The Morgan fingerprint density at radius 3 is 2.41 bits per heavy atom. The van der Waals surface area contributed by atoms with Crippen LogP contribution in [0.5, 0.6) is 0 Å². The Kier molecular flexibility index (Phi) is 5.87. The molecule has 1 aliphatic rings. The highest BCUT2D eigenvalue weighted by Gasteiger charge is 2.25. The first kappa shape index (κ1) is 14.4. The fraction of sp³-hybridized carbons (Fsp3) is 0.867. The second kappa shape index (κ2) is 6.93. The van der Waals surface area contributed by atoms with Gasteiger partial charge in [-0.05, 0) is 36.2 Å². The molecule has 0 aromatic carbocycles. The molecular formula is C15H28N2. The molecule has 0 bridgehead atoms. The normalized spacial score (nSPS) is 21.4. The van der Waals surface area contributed by atoms with E-state index in [1.165, 1.54) is 31.3 Å². The quantitative estimate of drug-likeness (QED) is 0.542. The molecular weight excluding hydrogens is 208 g/mol. The van der Waals surface area contributed by atoms with E-state index in [4.69, 9.17) is 0 Å². The van der Waals surface area contributed by atoms with E-state index in [1.54, 1.807) is 0 Å². The van der Waals surface area contributed by atoms with Gasteiger partial charge in [0, 0.05) is 0 Å². The van der Waals surface area contributed by atoms with Crippen molar-refractivity contribution in [1.82, 2.24) is 0 Å². The summed E-state index contributed by atoms with van der Waals surface area (Å²) < 4.78 is 0. The lowest BCUT2D eigenvalue weighted by Crippen LogP contribution is -2.21. The van der Waals surface area contributed by atoms with Gasteiger partial charge in [0.05, 0.1) is 12.2 Å². The molecule has 1 rings (SSSR count). The maximum Gasteiger partial charge on any atom is 0.0968 e. The molecule has 2 unspecified atom stereocenters. The van der Waals surface area contributed by atoms with Crippen LogP contribution in [0.25, 0.3) is 0 Å². The predicted molar refractivity (Wildman–Crippen MR) is 74.0 cm³/mol. The summed E-state index contributed by atoms with van der Waals surface area (Å²) in [6, 6.07) is 0.356. The third-order valence-electron chi connectivity index (χ3n) is 3.84. The van der Waals surface area contributed by atoms with Gasteiger partial charge in [-0.15, -0.1) is 0 Å². The van der Waals surface area contributed by atoms with Crippen LogP contribution in [0.2, 0.25) is 0 Å². The summed E-state index contributed by atoms with van der Waals surface area (Å²) >= 11 is 0. The first-order chi connectivity index (χ1) is 8.02. The molecule has 0 N–H and O–H groups in total. The standard InChI is InChI=1S/C15H28N2/c1-11(2)8-6-7-9-14-10-16-17-15(14)13(5)12(3)4/h10-13,15H,6-9H2,1-5H3. The van der Waals surface area contributed by atoms with E-state index in [2.05, 4.69) is 44.8 Å². The molecule has 17 heavy (non-hydrogen) atoms. The van der Waals surface area contributed by atoms with Crippen molar-refractivity contribution in [2.75, 3.05) is 0 Å². The van der Waals surface area contributed by atoms with Gasteiger partial charge in [-0.25, -0.2) is 0 Å². The Labute approximate surface area is 107 Å². The van der Waals surface area contributed by atoms with Crippen molar-refractivity contribution in [3.05, 3.63) is 11.8 Å². The molecule has 0 aromatic heterocycles. The molecule has 0 aliphatic carbocycles. The van der Waals surface area contributed by atoms with Gasteiger partial charge in [-0.2, -0.15) is 10.2 Å². The summed E-state index contributed by atoms with van der Waals surface area (Å²) in [5.74, 6) is 2.11. The topological polar surface area (TPSA) is 24.7 Å². The maximum absolute atomic E-state index is 4.38. The molecule has 0 spiro atoms. The average molecular weight is 236 g/mol. The molecule has 2 nitrogen and oxygen atoms in total. The number of hydrogen-bond acceptors (Lipinski definition) is 2. The maximum atomic E-state index is 4.38. The van der Waals surface area contributed by atoms with Crippen LogP contribution >= 0.6 is 0 Å². The van der Waals surface area contributed by atoms with Gasteiger partial charge in [0.1, 0.15) is 0 Å². The van der Waals surface area contributed by atoms with Gasteiger partial charge >= 0.3 is 0 Å². The van der Waals surface area contributed by atoms with Gasteiger partial charge in [0.25, 0.3) is 0 Å². The second-order valence-corrected chi connectivity index (χ2v) is 6.12. The molecule has 1 aliphatic heterocycles. The summed E-state index contributed by atoms with van der Waals surface area (Å²) in [7, 11) is 0. The van der Waals surface area contributed by atoms with Gasteiger partial charge in [-0.3, -0.25) is 0 Å². The van der Waals surface area contributed by atoms with Crippen LogP contribution in [0.15, 0.2) is 22.0 Å². The minimum absolute atomic E-state index is 0.356. The van der Waals surface area contributed by atoms with Crippen molar-refractivity contribution in [2.45, 2.75) is 66.3 Å². The van der Waals surface area contributed by atoms with Crippen LogP contribution in [0.1, 0.15) is 60.3 Å². The lowest BCUT2D eigenvalue weighted by atomic mass is 9.85. The molecule has 1 heterocycles. The second-order valence-electron chi connectivity index (χ2n) is 6.12. The van der Waals surface area contributed by atoms with E-state index >= 15 is 0 Å². The fourth-order valence-corrected chi connectivity index (χ4v) is 2.23. The van der Waals surface area contributed by atoms with E-state index < -0.39 is 0 Å². The lowest BCUT2D eigenvalue weighted by Gasteiger charge is -2.22. The van der Waals surface area contributed by atoms with Crippen molar-refractivity contribution < 1.29 is 0 Å². The molecule has 2 atom stereocenters. The Hall–Kier alpha value is -0.660. The minimum Gasteiger partial charge on any atom is -0.181 e.